The normalized spacial score (nSPS) is 17.1. The number of hydrogen-bond acceptors (Lipinski definition) is 6. The molecular formula is C25H32Cl2N4O6. The van der Waals surface area contributed by atoms with Gasteiger partial charge in [0.25, 0.3) is 5.91 Å². The number of carbonyl (C=O) groups excluding carboxylic acids is 6. The number of halogens is 2. The largest absolute Gasteiger partial charge is 0.344 e. The second kappa shape index (κ2) is 13.5. The van der Waals surface area contributed by atoms with Gasteiger partial charge in [-0.2, -0.15) is 0 Å². The Morgan fingerprint density at radius 1 is 1.08 bits per heavy atom. The van der Waals surface area contributed by atoms with E-state index < -0.39 is 35.8 Å². The average Bonchev–Trinajstić information content (AvgIpc) is 2.85. The fourth-order valence-electron chi connectivity index (χ4n) is 4.08. The number of benzene rings is 1. The van der Waals surface area contributed by atoms with Crippen LogP contribution in [0.15, 0.2) is 12.1 Å². The zero-order chi connectivity index (χ0) is 27.9. The van der Waals surface area contributed by atoms with Crippen molar-refractivity contribution in [2.24, 2.45) is 5.92 Å². The van der Waals surface area contributed by atoms with Crippen molar-refractivity contribution in [2.45, 2.75) is 58.7 Å². The van der Waals surface area contributed by atoms with Gasteiger partial charge in [-0.25, -0.2) is 0 Å². The standard InChI is InChI=1S/C25H32Cl2N4O6/c1-5-18-19(26)10-16(11-20(18)27)23(35)29-22(14(2)3)25(37)31-8-7-30(15(4)34)12-21(31)24(36)28-17(13-33)6-9-32/h9-11,13-14,17,21-22H,5-8,12H2,1-4H3,(H,28,36)(H,29,35)/t17-,21-,22-/m0/s1. The van der Waals surface area contributed by atoms with Crippen molar-refractivity contribution in [1.82, 2.24) is 20.4 Å². The molecule has 4 amide bonds. The molecule has 3 atom stereocenters. The van der Waals surface area contributed by atoms with Crippen molar-refractivity contribution in [3.8, 4) is 0 Å². The molecule has 1 aromatic carbocycles. The highest BCUT2D eigenvalue weighted by Crippen LogP contribution is 2.27. The molecule has 0 aromatic heterocycles. The lowest BCUT2D eigenvalue weighted by molar-refractivity contribution is -0.150. The third-order valence-electron chi connectivity index (χ3n) is 6.23. The zero-order valence-corrected chi connectivity index (χ0v) is 22.8. The molecule has 37 heavy (non-hydrogen) atoms. The maximum Gasteiger partial charge on any atom is 0.252 e. The van der Waals surface area contributed by atoms with Crippen molar-refractivity contribution in [1.29, 1.82) is 0 Å². The van der Waals surface area contributed by atoms with E-state index >= 15 is 0 Å². The fourth-order valence-corrected chi connectivity index (χ4v) is 4.83. The SMILES string of the molecule is CCc1c(Cl)cc(C(=O)N[C@H](C(=O)N2CCN(C(C)=O)C[C@H]2C(=O)N[C@H](C=O)CC=O)C(C)C)cc1Cl. The first-order valence-corrected chi connectivity index (χ1v) is 12.7. The molecule has 1 fully saturated rings. The van der Waals surface area contributed by atoms with Crippen LogP contribution in [0.4, 0.5) is 0 Å². The summed E-state index contributed by atoms with van der Waals surface area (Å²) in [5.74, 6) is -2.39. The maximum atomic E-state index is 13.7. The quantitative estimate of drug-likeness (QED) is 0.422. The van der Waals surface area contributed by atoms with Crippen molar-refractivity contribution < 1.29 is 28.8 Å². The van der Waals surface area contributed by atoms with Gasteiger partial charge in [0.2, 0.25) is 17.7 Å². The molecular weight excluding hydrogens is 523 g/mol. The van der Waals surface area contributed by atoms with Crippen molar-refractivity contribution >= 4 is 59.4 Å². The van der Waals surface area contributed by atoms with E-state index in [1.54, 1.807) is 13.8 Å². The highest BCUT2D eigenvalue weighted by molar-refractivity contribution is 6.36. The molecule has 0 spiro atoms. The van der Waals surface area contributed by atoms with Crippen molar-refractivity contribution in [3.63, 3.8) is 0 Å². The van der Waals surface area contributed by atoms with Gasteiger partial charge < -0.3 is 30.0 Å². The van der Waals surface area contributed by atoms with Gasteiger partial charge in [0.05, 0.1) is 12.6 Å². The second-order valence-electron chi connectivity index (χ2n) is 9.13. The molecule has 0 radical (unpaired) electrons. The zero-order valence-electron chi connectivity index (χ0n) is 21.3. The molecule has 0 bridgehead atoms. The number of nitrogens with one attached hydrogen (secondary N) is 2. The lowest BCUT2D eigenvalue weighted by atomic mass is 9.99. The van der Waals surface area contributed by atoms with Gasteiger partial charge in [0.15, 0.2) is 0 Å². The van der Waals surface area contributed by atoms with Crippen molar-refractivity contribution in [3.05, 3.63) is 33.3 Å². The van der Waals surface area contributed by atoms with Crippen LogP contribution in [-0.4, -0.2) is 83.8 Å². The minimum atomic E-state index is -1.12. The van der Waals surface area contributed by atoms with E-state index in [0.717, 1.165) is 0 Å². The molecule has 10 nitrogen and oxygen atoms in total. The van der Waals surface area contributed by atoms with Crippen LogP contribution >= 0.6 is 23.2 Å². The van der Waals surface area contributed by atoms with Crippen LogP contribution < -0.4 is 10.6 Å². The third-order valence-corrected chi connectivity index (χ3v) is 6.90. The topological polar surface area (TPSA) is 133 Å². The maximum absolute atomic E-state index is 13.7. The molecule has 202 valence electrons. The van der Waals surface area contributed by atoms with Crippen LogP contribution in [0.2, 0.25) is 10.0 Å². The predicted molar refractivity (Wildman–Crippen MR) is 138 cm³/mol. The molecule has 2 N–H and O–H groups in total. The summed E-state index contributed by atoms with van der Waals surface area (Å²) >= 11 is 12.5. The third kappa shape index (κ3) is 7.52. The van der Waals surface area contributed by atoms with E-state index in [9.17, 15) is 28.8 Å². The molecule has 1 saturated heterocycles. The molecule has 0 unspecified atom stereocenters. The summed E-state index contributed by atoms with van der Waals surface area (Å²) in [5, 5.41) is 5.85. The molecule has 1 aliphatic rings. The Bertz CT molecular complexity index is 1040. The van der Waals surface area contributed by atoms with Gasteiger partial charge in [-0.15, -0.1) is 0 Å². The first kappa shape index (κ1) is 30.2. The average molecular weight is 555 g/mol. The van der Waals surface area contributed by atoms with E-state index in [-0.39, 0.29) is 43.4 Å². The Labute approximate surface area is 226 Å². The number of nitrogens with zero attached hydrogens (tertiary/aromatic N) is 2. The van der Waals surface area contributed by atoms with Crippen LogP contribution in [0.1, 0.15) is 50.0 Å². The van der Waals surface area contributed by atoms with Gasteiger partial charge >= 0.3 is 0 Å². The van der Waals surface area contributed by atoms with Gasteiger partial charge in [-0.3, -0.25) is 19.2 Å². The predicted octanol–water partition coefficient (Wildman–Crippen LogP) is 1.64. The van der Waals surface area contributed by atoms with E-state index in [4.69, 9.17) is 23.2 Å². The Morgan fingerprint density at radius 2 is 1.70 bits per heavy atom. The number of rotatable bonds is 10. The van der Waals surface area contributed by atoms with Crippen LogP contribution in [0.5, 0.6) is 0 Å². The Morgan fingerprint density at radius 3 is 2.19 bits per heavy atom. The summed E-state index contributed by atoms with van der Waals surface area (Å²) in [5.41, 5.74) is 0.890. The summed E-state index contributed by atoms with van der Waals surface area (Å²) in [6, 6.07) is -0.219. The highest BCUT2D eigenvalue weighted by Gasteiger charge is 2.40. The number of carbonyl (C=O) groups is 6. The van der Waals surface area contributed by atoms with Crippen molar-refractivity contribution in [2.75, 3.05) is 19.6 Å². The first-order valence-electron chi connectivity index (χ1n) is 12.0. The van der Waals surface area contributed by atoms with Gasteiger partial charge in [0.1, 0.15) is 24.7 Å². The van der Waals surface area contributed by atoms with Crippen LogP contribution in [-0.2, 0) is 30.4 Å². The summed E-state index contributed by atoms with van der Waals surface area (Å²) in [4.78, 5) is 76.6. The molecule has 1 heterocycles. The van der Waals surface area contributed by atoms with E-state index in [1.165, 1.54) is 28.9 Å². The Hall–Kier alpha value is -2.98. The molecule has 1 aliphatic heterocycles. The summed E-state index contributed by atoms with van der Waals surface area (Å²) < 4.78 is 0. The van der Waals surface area contributed by atoms with E-state index in [1.807, 2.05) is 6.92 Å². The van der Waals surface area contributed by atoms with Gasteiger partial charge in [-0.1, -0.05) is 44.0 Å². The Kier molecular flexibility index (Phi) is 11.1. The molecule has 2 rings (SSSR count). The van der Waals surface area contributed by atoms with Gasteiger partial charge in [-0.05, 0) is 30.0 Å². The lowest BCUT2D eigenvalue weighted by Gasteiger charge is -2.42. The van der Waals surface area contributed by atoms with Crippen LogP contribution in [0, 0.1) is 5.92 Å². The highest BCUT2D eigenvalue weighted by atomic mass is 35.5. The smallest absolute Gasteiger partial charge is 0.252 e. The lowest BCUT2D eigenvalue weighted by Crippen LogP contribution is -2.65. The summed E-state index contributed by atoms with van der Waals surface area (Å²) in [6.45, 7) is 6.87. The number of aldehydes is 2. The van der Waals surface area contributed by atoms with Crippen LogP contribution in [0.25, 0.3) is 0 Å². The van der Waals surface area contributed by atoms with Gasteiger partial charge in [0, 0.05) is 42.0 Å². The van der Waals surface area contributed by atoms with E-state index in [2.05, 4.69) is 10.6 Å². The number of amides is 4. The summed E-state index contributed by atoms with van der Waals surface area (Å²) in [7, 11) is 0. The monoisotopic (exact) mass is 554 g/mol. The molecule has 0 aliphatic carbocycles. The molecule has 1 aromatic rings. The van der Waals surface area contributed by atoms with Crippen LogP contribution in [0.3, 0.4) is 0 Å². The van der Waals surface area contributed by atoms with E-state index in [0.29, 0.717) is 34.6 Å². The number of hydrogen-bond donors (Lipinski definition) is 2. The number of piperazine rings is 1. The minimum absolute atomic E-state index is 0.0396. The summed E-state index contributed by atoms with van der Waals surface area (Å²) in [6.07, 6.45) is 1.29. The fraction of sp³-hybridized carbons (Fsp3) is 0.520. The minimum Gasteiger partial charge on any atom is -0.344 e. The molecule has 12 heteroatoms. The second-order valence-corrected chi connectivity index (χ2v) is 9.95. The molecule has 0 saturated carbocycles. The Balaban J connectivity index is 2.32. The first-order chi connectivity index (χ1) is 17.4.